The van der Waals surface area contributed by atoms with Crippen LogP contribution in [0.4, 0.5) is 0 Å². The smallest absolute Gasteiger partial charge is 0.232 e. The molecule has 0 saturated carbocycles. The standard InChI is InChI=1S/C26H21N2/c1-18-10-6-7-13-20(18)26-27-25-16-23(19-11-4-3-5-12-19)21-14-8-9-15-22(21)24(25)17-28(26)2/h3-17H,1-2H3/q+1. The van der Waals surface area contributed by atoms with Crippen LogP contribution in [0.3, 0.4) is 0 Å². The monoisotopic (exact) mass is 361 g/mol. The summed E-state index contributed by atoms with van der Waals surface area (Å²) in [6.45, 7) is 2.14. The lowest BCUT2D eigenvalue weighted by Crippen LogP contribution is -2.32. The van der Waals surface area contributed by atoms with Crippen LogP contribution in [-0.4, -0.2) is 4.98 Å². The largest absolute Gasteiger partial charge is 0.331 e. The predicted octanol–water partition coefficient (Wildman–Crippen LogP) is 5.85. The Morgan fingerprint density at radius 2 is 1.36 bits per heavy atom. The number of hydrogen-bond donors (Lipinski definition) is 0. The fourth-order valence-electron chi connectivity index (χ4n) is 3.99. The third kappa shape index (κ3) is 2.66. The second-order valence-corrected chi connectivity index (χ2v) is 7.26. The van der Waals surface area contributed by atoms with E-state index < -0.39 is 0 Å². The van der Waals surface area contributed by atoms with E-state index in [-0.39, 0.29) is 0 Å². The van der Waals surface area contributed by atoms with Gasteiger partial charge in [0.2, 0.25) is 0 Å². The third-order valence-electron chi connectivity index (χ3n) is 5.42. The zero-order chi connectivity index (χ0) is 19.1. The summed E-state index contributed by atoms with van der Waals surface area (Å²) in [5.41, 5.74) is 5.86. The number of nitrogens with zero attached hydrogens (tertiary/aromatic N) is 2. The summed E-state index contributed by atoms with van der Waals surface area (Å²) < 4.78 is 2.14. The maximum atomic E-state index is 5.11. The van der Waals surface area contributed by atoms with Crippen molar-refractivity contribution in [3.05, 3.63) is 96.7 Å². The molecule has 5 aromatic rings. The van der Waals surface area contributed by atoms with Crippen molar-refractivity contribution in [2.75, 3.05) is 0 Å². The quantitative estimate of drug-likeness (QED) is 0.284. The molecule has 0 fully saturated rings. The highest BCUT2D eigenvalue weighted by molar-refractivity contribution is 6.12. The van der Waals surface area contributed by atoms with Gasteiger partial charge in [0.05, 0.1) is 18.0 Å². The van der Waals surface area contributed by atoms with Crippen molar-refractivity contribution < 1.29 is 4.57 Å². The first kappa shape index (κ1) is 16.6. The third-order valence-corrected chi connectivity index (χ3v) is 5.42. The van der Waals surface area contributed by atoms with E-state index >= 15 is 0 Å². The fraction of sp³-hybridized carbons (Fsp3) is 0.0769. The van der Waals surface area contributed by atoms with Crippen LogP contribution in [0, 0.1) is 6.92 Å². The maximum Gasteiger partial charge on any atom is 0.331 e. The summed E-state index contributed by atoms with van der Waals surface area (Å²) in [6, 6.07) is 29.8. The van der Waals surface area contributed by atoms with E-state index in [1.807, 2.05) is 0 Å². The molecule has 0 N–H and O–H groups in total. The normalized spacial score (nSPS) is 11.2. The second-order valence-electron chi connectivity index (χ2n) is 7.26. The Morgan fingerprint density at radius 1 is 0.679 bits per heavy atom. The number of aryl methyl sites for hydroxylation is 2. The summed E-state index contributed by atoms with van der Waals surface area (Å²) in [7, 11) is 2.08. The van der Waals surface area contributed by atoms with Crippen molar-refractivity contribution in [1.82, 2.24) is 4.98 Å². The van der Waals surface area contributed by atoms with Crippen LogP contribution in [0.1, 0.15) is 5.56 Å². The number of benzene rings is 4. The molecule has 28 heavy (non-hydrogen) atoms. The summed E-state index contributed by atoms with van der Waals surface area (Å²) in [5.74, 6) is 0.986. The van der Waals surface area contributed by atoms with Gasteiger partial charge >= 0.3 is 5.82 Å². The molecular formula is C26H21N2+. The molecule has 1 heterocycles. The van der Waals surface area contributed by atoms with E-state index in [0.717, 1.165) is 11.3 Å². The molecule has 0 bridgehead atoms. The van der Waals surface area contributed by atoms with Crippen molar-refractivity contribution in [2.45, 2.75) is 6.92 Å². The highest BCUT2D eigenvalue weighted by Crippen LogP contribution is 2.34. The Balaban J connectivity index is 1.87. The predicted molar refractivity (Wildman–Crippen MR) is 116 cm³/mol. The Bertz CT molecular complexity index is 1320. The van der Waals surface area contributed by atoms with Gasteiger partial charge in [-0.25, -0.2) is 4.57 Å². The van der Waals surface area contributed by atoms with Gasteiger partial charge in [0.1, 0.15) is 6.20 Å². The lowest BCUT2D eigenvalue weighted by atomic mass is 9.95. The molecule has 0 aliphatic rings. The lowest BCUT2D eigenvalue weighted by Gasteiger charge is -2.10. The minimum Gasteiger partial charge on any atom is -0.232 e. The molecule has 0 atom stereocenters. The van der Waals surface area contributed by atoms with Crippen LogP contribution in [-0.2, 0) is 7.05 Å². The summed E-state index contributed by atoms with van der Waals surface area (Å²) in [5, 5.41) is 3.67. The van der Waals surface area contributed by atoms with Gasteiger partial charge in [-0.1, -0.05) is 72.8 Å². The highest BCUT2D eigenvalue weighted by Gasteiger charge is 2.19. The maximum absolute atomic E-state index is 5.11. The van der Waals surface area contributed by atoms with Gasteiger partial charge in [0.25, 0.3) is 0 Å². The van der Waals surface area contributed by atoms with Crippen molar-refractivity contribution in [3.8, 4) is 22.5 Å². The minimum atomic E-state index is 0.986. The van der Waals surface area contributed by atoms with Crippen LogP contribution in [0.5, 0.6) is 0 Å². The zero-order valence-corrected chi connectivity index (χ0v) is 16.1. The molecule has 5 rings (SSSR count). The van der Waals surface area contributed by atoms with E-state index in [0.29, 0.717) is 0 Å². The Labute approximate surface area is 164 Å². The lowest BCUT2D eigenvalue weighted by molar-refractivity contribution is -0.661. The Kier molecular flexibility index (Phi) is 3.91. The van der Waals surface area contributed by atoms with Gasteiger partial charge in [-0.05, 0) is 51.5 Å². The Hall–Kier alpha value is -3.52. The van der Waals surface area contributed by atoms with Gasteiger partial charge in [-0.2, -0.15) is 0 Å². The number of fused-ring (bicyclic) bond motifs is 3. The van der Waals surface area contributed by atoms with Gasteiger partial charge in [0, 0.05) is 0 Å². The van der Waals surface area contributed by atoms with Crippen molar-refractivity contribution in [3.63, 3.8) is 0 Å². The van der Waals surface area contributed by atoms with E-state index in [2.05, 4.69) is 110 Å². The molecule has 1 aromatic heterocycles. The fourth-order valence-corrected chi connectivity index (χ4v) is 3.99. The van der Waals surface area contributed by atoms with Crippen molar-refractivity contribution >= 4 is 21.7 Å². The van der Waals surface area contributed by atoms with Crippen LogP contribution in [0.15, 0.2) is 91.1 Å². The molecule has 0 unspecified atom stereocenters. The first-order valence-electron chi connectivity index (χ1n) is 9.56. The van der Waals surface area contributed by atoms with Gasteiger partial charge in [-0.15, -0.1) is 0 Å². The Morgan fingerprint density at radius 3 is 2.14 bits per heavy atom. The average molecular weight is 361 g/mol. The molecule has 0 aliphatic carbocycles. The van der Waals surface area contributed by atoms with Crippen LogP contribution < -0.4 is 4.57 Å². The van der Waals surface area contributed by atoms with Crippen molar-refractivity contribution in [1.29, 1.82) is 0 Å². The average Bonchev–Trinajstić information content (AvgIpc) is 2.74. The molecule has 2 heteroatoms. The first-order chi connectivity index (χ1) is 13.7. The molecule has 2 nitrogen and oxygen atoms in total. The molecule has 0 saturated heterocycles. The molecular weight excluding hydrogens is 340 g/mol. The first-order valence-corrected chi connectivity index (χ1v) is 9.56. The van der Waals surface area contributed by atoms with Crippen LogP contribution in [0.25, 0.3) is 44.2 Å². The topological polar surface area (TPSA) is 16.8 Å². The molecule has 0 amide bonds. The zero-order valence-electron chi connectivity index (χ0n) is 16.1. The molecule has 4 aromatic carbocycles. The number of aromatic nitrogens is 2. The SMILES string of the molecule is Cc1ccccc1-c1nc2cc(-c3ccccc3)c3ccccc3c2c[n+]1C. The van der Waals surface area contributed by atoms with E-state index in [9.17, 15) is 0 Å². The van der Waals surface area contributed by atoms with Gasteiger partial charge < -0.3 is 0 Å². The second kappa shape index (κ2) is 6.58. The van der Waals surface area contributed by atoms with E-state index in [1.54, 1.807) is 0 Å². The molecule has 0 aliphatic heterocycles. The van der Waals surface area contributed by atoms with E-state index in [1.165, 1.54) is 38.4 Å². The highest BCUT2D eigenvalue weighted by atomic mass is 15.0. The van der Waals surface area contributed by atoms with E-state index in [4.69, 9.17) is 4.98 Å². The van der Waals surface area contributed by atoms with Gasteiger partial charge in [0.15, 0.2) is 5.52 Å². The summed E-state index contributed by atoms with van der Waals surface area (Å²) in [6.07, 6.45) is 2.21. The summed E-state index contributed by atoms with van der Waals surface area (Å²) >= 11 is 0. The number of hydrogen-bond acceptors (Lipinski definition) is 1. The minimum absolute atomic E-state index is 0.986. The molecule has 0 radical (unpaired) electrons. The number of rotatable bonds is 2. The summed E-state index contributed by atoms with van der Waals surface area (Å²) in [4.78, 5) is 5.11. The van der Waals surface area contributed by atoms with Gasteiger partial charge in [-0.3, -0.25) is 0 Å². The molecule has 134 valence electrons. The molecule has 0 spiro atoms. The van der Waals surface area contributed by atoms with Crippen LogP contribution >= 0.6 is 0 Å². The van der Waals surface area contributed by atoms with Crippen molar-refractivity contribution in [2.24, 2.45) is 7.05 Å². The van der Waals surface area contributed by atoms with Crippen LogP contribution in [0.2, 0.25) is 0 Å².